The Morgan fingerprint density at radius 2 is 1.70 bits per heavy atom. The van der Waals surface area contributed by atoms with Crippen LogP contribution < -0.4 is 9.46 Å². The smallest absolute Gasteiger partial charge is 0.335 e. The topological polar surface area (TPSA) is 71.0 Å². The summed E-state index contributed by atoms with van der Waals surface area (Å²) in [7, 11) is 0. The summed E-state index contributed by atoms with van der Waals surface area (Å²) in [4.78, 5) is 12.6. The van der Waals surface area contributed by atoms with Crippen molar-refractivity contribution in [3.05, 3.63) is 81.7 Å². The molecule has 0 spiro atoms. The average molecular weight is 377 g/mol. The Morgan fingerprint density at radius 3 is 2.30 bits per heavy atom. The number of aromatic nitrogens is 2. The maximum Gasteiger partial charge on any atom is 0.335 e. The lowest BCUT2D eigenvalue weighted by Crippen LogP contribution is -2.47. The molecule has 0 bridgehead atoms. The number of halogens is 2. The molecule has 116 valence electrons. The molecule has 0 unspecified atom stereocenters. The molecule has 7 heteroatoms. The van der Waals surface area contributed by atoms with Crippen LogP contribution in [-0.4, -0.2) is 5.78 Å². The summed E-state index contributed by atoms with van der Waals surface area (Å²) in [6.45, 7) is 0. The first kappa shape index (κ1) is 15.4. The van der Waals surface area contributed by atoms with Crippen molar-refractivity contribution in [2.75, 3.05) is 0 Å². The van der Waals surface area contributed by atoms with Gasteiger partial charge < -0.3 is 10.4 Å². The van der Waals surface area contributed by atoms with E-state index in [-0.39, 0.29) is 33.3 Å². The van der Waals surface area contributed by atoms with E-state index < -0.39 is 11.6 Å². The quantitative estimate of drug-likeness (QED) is 0.305. The van der Waals surface area contributed by atoms with Crippen molar-refractivity contribution in [2.45, 2.75) is 5.33 Å². The fourth-order valence-corrected chi connectivity index (χ4v) is 2.89. The minimum Gasteiger partial charge on any atom is -0.618 e. The third-order valence-corrected chi connectivity index (χ3v) is 4.00. The molecule has 23 heavy (non-hydrogen) atoms. The van der Waals surface area contributed by atoms with Crippen molar-refractivity contribution in [3.63, 3.8) is 0 Å². The highest BCUT2D eigenvalue weighted by molar-refractivity contribution is 9.08. The van der Waals surface area contributed by atoms with Crippen LogP contribution in [-0.2, 0) is 5.33 Å². The van der Waals surface area contributed by atoms with Gasteiger partial charge in [0.05, 0.1) is 5.33 Å². The average Bonchev–Trinajstić information content (AvgIpc) is 2.57. The minimum atomic E-state index is -0.704. The number of nitrogens with zero attached hydrogens (tertiary/aromatic N) is 2. The molecule has 1 heterocycles. The first-order valence-corrected chi connectivity index (χ1v) is 7.79. The van der Waals surface area contributed by atoms with Crippen LogP contribution in [0.1, 0.15) is 21.7 Å². The molecular weight excluding hydrogens is 367 g/mol. The number of ketones is 1. The number of hydrogen-bond donors (Lipinski definition) is 0. The van der Waals surface area contributed by atoms with Crippen LogP contribution in [0.3, 0.4) is 0 Å². The number of carbonyl (C=O) groups is 1. The van der Waals surface area contributed by atoms with Crippen molar-refractivity contribution in [2.24, 2.45) is 0 Å². The van der Waals surface area contributed by atoms with Crippen molar-refractivity contribution < 1.29 is 18.6 Å². The first-order valence-electron chi connectivity index (χ1n) is 6.67. The van der Waals surface area contributed by atoms with Crippen molar-refractivity contribution in [1.82, 2.24) is 0 Å². The van der Waals surface area contributed by atoms with Gasteiger partial charge in [-0.2, -0.15) is 9.46 Å². The number of alkyl halides is 1. The highest BCUT2D eigenvalue weighted by Crippen LogP contribution is 2.16. The van der Waals surface area contributed by atoms with Gasteiger partial charge in [-0.1, -0.05) is 40.2 Å². The Hall–Kier alpha value is -2.54. The van der Waals surface area contributed by atoms with Crippen LogP contribution in [0.25, 0.3) is 11.0 Å². The Bertz CT molecular complexity index is 931. The summed E-state index contributed by atoms with van der Waals surface area (Å²) in [5.41, 5.74) is -0.0964. The normalized spacial score (nSPS) is 10.9. The molecule has 0 amide bonds. The van der Waals surface area contributed by atoms with Gasteiger partial charge in [-0.25, -0.2) is 4.39 Å². The number of hydrogen-bond acceptors (Lipinski definition) is 3. The molecule has 2 aromatic carbocycles. The van der Waals surface area contributed by atoms with Gasteiger partial charge in [0.2, 0.25) is 0 Å². The summed E-state index contributed by atoms with van der Waals surface area (Å²) in [5, 5.41) is 25.0. The van der Waals surface area contributed by atoms with E-state index in [1.54, 1.807) is 12.1 Å². The highest BCUT2D eigenvalue weighted by Gasteiger charge is 2.33. The molecular formula is C16H10BrFN2O3. The van der Waals surface area contributed by atoms with Gasteiger partial charge in [0.15, 0.2) is 0 Å². The summed E-state index contributed by atoms with van der Waals surface area (Å²) in [6, 6.07) is 11.2. The van der Waals surface area contributed by atoms with E-state index in [1.165, 1.54) is 30.3 Å². The van der Waals surface area contributed by atoms with Gasteiger partial charge in [-0.15, -0.1) is 0 Å². The standard InChI is InChI=1S/C16H10BrFN2O3/c17-9-14-15(16(21)10-4-3-5-11(18)8-10)20(23)13-7-2-1-6-12(13)19(14)22/h1-8H,9H2. The molecule has 5 nitrogen and oxygen atoms in total. The van der Waals surface area contributed by atoms with Crippen LogP contribution in [0.5, 0.6) is 0 Å². The van der Waals surface area contributed by atoms with Gasteiger partial charge in [0, 0.05) is 17.7 Å². The van der Waals surface area contributed by atoms with Gasteiger partial charge in [-0.05, 0) is 12.1 Å². The molecule has 0 saturated carbocycles. The van der Waals surface area contributed by atoms with E-state index in [4.69, 9.17) is 0 Å². The Morgan fingerprint density at radius 1 is 1.04 bits per heavy atom. The highest BCUT2D eigenvalue weighted by atomic mass is 79.9. The van der Waals surface area contributed by atoms with E-state index in [1.807, 2.05) is 0 Å². The molecule has 0 saturated heterocycles. The summed E-state index contributed by atoms with van der Waals surface area (Å²) < 4.78 is 14.3. The third kappa shape index (κ3) is 2.53. The molecule has 0 radical (unpaired) electrons. The minimum absolute atomic E-state index is 0.00656. The second-order valence-electron chi connectivity index (χ2n) is 4.85. The predicted molar refractivity (Wildman–Crippen MR) is 84.3 cm³/mol. The third-order valence-electron chi connectivity index (χ3n) is 3.47. The molecule has 0 aliphatic heterocycles. The summed E-state index contributed by atoms with van der Waals surface area (Å²) >= 11 is 3.14. The maximum absolute atomic E-state index is 13.3. The largest absolute Gasteiger partial charge is 0.618 e. The number of fused-ring (bicyclic) bond motifs is 1. The zero-order chi connectivity index (χ0) is 16.6. The van der Waals surface area contributed by atoms with Crippen LogP contribution in [0.2, 0.25) is 0 Å². The van der Waals surface area contributed by atoms with Crippen LogP contribution in [0.15, 0.2) is 48.5 Å². The monoisotopic (exact) mass is 376 g/mol. The van der Waals surface area contributed by atoms with Crippen LogP contribution >= 0.6 is 15.9 Å². The zero-order valence-corrected chi connectivity index (χ0v) is 13.3. The molecule has 0 aliphatic carbocycles. The van der Waals surface area contributed by atoms with Gasteiger partial charge in [0.1, 0.15) is 5.82 Å². The summed E-state index contributed by atoms with van der Waals surface area (Å²) in [6.07, 6.45) is 0. The number of para-hydroxylation sites is 2. The molecule has 0 aliphatic rings. The number of benzene rings is 2. The molecule has 0 N–H and O–H groups in total. The molecule has 1 aromatic heterocycles. The number of carbonyl (C=O) groups excluding carboxylic acids is 1. The van der Waals surface area contributed by atoms with Gasteiger partial charge >= 0.3 is 5.69 Å². The Kier molecular flexibility index (Phi) is 3.96. The van der Waals surface area contributed by atoms with E-state index in [9.17, 15) is 19.6 Å². The van der Waals surface area contributed by atoms with Gasteiger partial charge in [-0.3, -0.25) is 4.79 Å². The van der Waals surface area contributed by atoms with Crippen LogP contribution in [0, 0.1) is 16.2 Å². The first-order chi connectivity index (χ1) is 11.0. The Balaban J connectivity index is 2.32. The zero-order valence-electron chi connectivity index (χ0n) is 11.7. The van der Waals surface area contributed by atoms with Gasteiger partial charge in [0.25, 0.3) is 22.5 Å². The molecule has 3 aromatic rings. The summed E-state index contributed by atoms with van der Waals surface area (Å²) in [5.74, 6) is -1.30. The fourth-order valence-electron chi connectivity index (χ4n) is 2.39. The molecule has 3 rings (SSSR count). The second-order valence-corrected chi connectivity index (χ2v) is 5.41. The lowest BCUT2D eigenvalue weighted by Gasteiger charge is -2.11. The lowest BCUT2D eigenvalue weighted by atomic mass is 10.1. The van der Waals surface area contributed by atoms with Crippen LogP contribution in [0.4, 0.5) is 4.39 Å². The van der Waals surface area contributed by atoms with E-state index >= 15 is 0 Å². The van der Waals surface area contributed by atoms with Crippen molar-refractivity contribution in [3.8, 4) is 0 Å². The van der Waals surface area contributed by atoms with E-state index in [2.05, 4.69) is 15.9 Å². The van der Waals surface area contributed by atoms with Crippen molar-refractivity contribution in [1.29, 1.82) is 0 Å². The molecule has 0 fully saturated rings. The Labute approximate surface area is 138 Å². The SMILES string of the molecule is O=C(c1cccc(F)c1)c1c(CBr)[n+]([O-])c2ccccc2[n+]1[O-]. The number of rotatable bonds is 3. The fraction of sp³-hybridized carbons (Fsp3) is 0.0625. The predicted octanol–water partition coefficient (Wildman–Crippen LogP) is 2.37. The molecule has 0 atom stereocenters. The van der Waals surface area contributed by atoms with E-state index in [0.717, 1.165) is 6.07 Å². The lowest BCUT2D eigenvalue weighted by molar-refractivity contribution is -0.635. The van der Waals surface area contributed by atoms with Crippen molar-refractivity contribution >= 4 is 32.7 Å². The maximum atomic E-state index is 13.3. The second kappa shape index (κ2) is 5.92. The van der Waals surface area contributed by atoms with E-state index in [0.29, 0.717) is 9.46 Å².